The minimum Gasteiger partial charge on any atom is -0.465 e. The van der Waals surface area contributed by atoms with Gasteiger partial charge in [-0.25, -0.2) is 14.6 Å². The summed E-state index contributed by atoms with van der Waals surface area (Å²) in [6.07, 6.45) is 0. The molecule has 0 atom stereocenters. The van der Waals surface area contributed by atoms with E-state index in [1.807, 2.05) is 19.9 Å². The topological polar surface area (TPSA) is 72.6 Å². The van der Waals surface area contributed by atoms with Crippen LogP contribution < -0.4 is 10.5 Å². The molecule has 0 aliphatic heterocycles. The average molecular weight is 401 g/mol. The SMILES string of the molecule is CCN(CC)c1cc(-c2nc(C)c(C)s2)c2c(C)c(C(=O)OC)c(=O)oc2c1. The van der Waals surface area contributed by atoms with Crippen molar-refractivity contribution in [3.05, 3.63) is 44.3 Å². The van der Waals surface area contributed by atoms with E-state index < -0.39 is 11.6 Å². The van der Waals surface area contributed by atoms with Crippen LogP contribution in [0.5, 0.6) is 0 Å². The van der Waals surface area contributed by atoms with E-state index in [1.54, 1.807) is 18.3 Å². The summed E-state index contributed by atoms with van der Waals surface area (Å²) in [6.45, 7) is 11.5. The number of anilines is 1. The van der Waals surface area contributed by atoms with Crippen LogP contribution in [0.3, 0.4) is 0 Å². The second-order valence-corrected chi connectivity index (χ2v) is 7.78. The number of carbonyl (C=O) groups excluding carboxylic acids is 1. The van der Waals surface area contributed by atoms with Crippen LogP contribution in [-0.4, -0.2) is 31.2 Å². The molecule has 28 heavy (non-hydrogen) atoms. The Bertz CT molecular complexity index is 1090. The fraction of sp³-hybridized carbons (Fsp3) is 0.381. The molecule has 2 heterocycles. The van der Waals surface area contributed by atoms with Gasteiger partial charge in [0, 0.05) is 40.7 Å². The molecule has 0 fully saturated rings. The number of thiazole rings is 1. The Morgan fingerprint density at radius 3 is 2.43 bits per heavy atom. The molecule has 0 aliphatic carbocycles. The maximum absolute atomic E-state index is 12.5. The molecule has 0 amide bonds. The van der Waals surface area contributed by atoms with E-state index in [4.69, 9.17) is 14.1 Å². The molecule has 0 saturated carbocycles. The highest BCUT2D eigenvalue weighted by molar-refractivity contribution is 7.15. The van der Waals surface area contributed by atoms with Crippen molar-refractivity contribution in [1.82, 2.24) is 4.98 Å². The Balaban J connectivity index is 2.44. The fourth-order valence-corrected chi connectivity index (χ4v) is 4.30. The van der Waals surface area contributed by atoms with Crippen LogP contribution in [0.15, 0.2) is 21.3 Å². The van der Waals surface area contributed by atoms with E-state index >= 15 is 0 Å². The Hall–Kier alpha value is -2.67. The van der Waals surface area contributed by atoms with Crippen LogP contribution >= 0.6 is 11.3 Å². The summed E-state index contributed by atoms with van der Waals surface area (Å²) in [7, 11) is 1.25. The summed E-state index contributed by atoms with van der Waals surface area (Å²) < 4.78 is 10.4. The van der Waals surface area contributed by atoms with Gasteiger partial charge in [-0.3, -0.25) is 0 Å². The molecule has 6 nitrogen and oxygen atoms in total. The summed E-state index contributed by atoms with van der Waals surface area (Å²) in [4.78, 5) is 32.7. The molecule has 1 aromatic carbocycles. The normalized spacial score (nSPS) is 11.1. The number of carbonyl (C=O) groups is 1. The van der Waals surface area contributed by atoms with Crippen LogP contribution in [-0.2, 0) is 4.74 Å². The van der Waals surface area contributed by atoms with Gasteiger partial charge in [0.1, 0.15) is 16.2 Å². The van der Waals surface area contributed by atoms with Crippen LogP contribution in [0.1, 0.15) is 40.3 Å². The van der Waals surface area contributed by atoms with Crippen molar-refractivity contribution >= 4 is 34.0 Å². The summed E-state index contributed by atoms with van der Waals surface area (Å²) in [5, 5.41) is 1.55. The molecular formula is C21H24N2O4S. The smallest absolute Gasteiger partial charge is 0.351 e. The van der Waals surface area contributed by atoms with Gasteiger partial charge in [-0.05, 0) is 46.2 Å². The molecule has 148 valence electrons. The van der Waals surface area contributed by atoms with Gasteiger partial charge in [0.15, 0.2) is 0 Å². The third kappa shape index (κ3) is 3.30. The Morgan fingerprint density at radius 2 is 1.89 bits per heavy atom. The number of benzene rings is 1. The first kappa shape index (κ1) is 20.1. The second-order valence-electron chi connectivity index (χ2n) is 6.58. The molecule has 0 radical (unpaired) electrons. The van der Waals surface area contributed by atoms with Gasteiger partial charge in [-0.2, -0.15) is 0 Å². The Labute approximate surface area is 167 Å². The van der Waals surface area contributed by atoms with Gasteiger partial charge in [-0.1, -0.05) is 0 Å². The number of aromatic nitrogens is 1. The molecule has 7 heteroatoms. The standard InChI is InChI=1S/C21H24N2O4S/c1-7-23(8-2)14-9-15(19-22-12(4)13(5)28-19)17-11(3)18(20(24)26-6)21(25)27-16(17)10-14/h9-10H,7-8H2,1-6H3. The van der Waals surface area contributed by atoms with E-state index in [1.165, 1.54) is 7.11 Å². The average Bonchev–Trinajstić information content (AvgIpc) is 3.00. The molecule has 0 saturated heterocycles. The Kier molecular flexibility index (Phi) is 5.56. The second kappa shape index (κ2) is 7.75. The number of nitrogens with zero attached hydrogens (tertiary/aromatic N) is 2. The summed E-state index contributed by atoms with van der Waals surface area (Å²) >= 11 is 1.59. The zero-order valence-corrected chi connectivity index (χ0v) is 17.8. The van der Waals surface area contributed by atoms with E-state index in [-0.39, 0.29) is 5.56 Å². The lowest BCUT2D eigenvalue weighted by atomic mass is 10.00. The van der Waals surface area contributed by atoms with Gasteiger partial charge in [0.05, 0.1) is 12.8 Å². The van der Waals surface area contributed by atoms with Gasteiger partial charge in [-0.15, -0.1) is 11.3 Å². The van der Waals surface area contributed by atoms with Crippen LogP contribution in [0, 0.1) is 20.8 Å². The number of hydrogen-bond donors (Lipinski definition) is 0. The lowest BCUT2D eigenvalue weighted by Crippen LogP contribution is -2.22. The van der Waals surface area contributed by atoms with Crippen LogP contribution in [0.25, 0.3) is 21.5 Å². The maximum Gasteiger partial charge on any atom is 0.351 e. The van der Waals surface area contributed by atoms with Crippen molar-refractivity contribution in [2.24, 2.45) is 0 Å². The number of rotatable bonds is 5. The summed E-state index contributed by atoms with van der Waals surface area (Å²) in [5.41, 5.74) is 3.00. The molecule has 0 bridgehead atoms. The zero-order chi connectivity index (χ0) is 20.6. The molecular weight excluding hydrogens is 376 g/mol. The van der Waals surface area contributed by atoms with Crippen molar-refractivity contribution in [2.45, 2.75) is 34.6 Å². The van der Waals surface area contributed by atoms with Crippen LogP contribution in [0.4, 0.5) is 5.69 Å². The first-order chi connectivity index (χ1) is 13.3. The van der Waals surface area contributed by atoms with Gasteiger partial charge < -0.3 is 14.1 Å². The Morgan fingerprint density at radius 1 is 1.21 bits per heavy atom. The maximum atomic E-state index is 12.5. The third-order valence-corrected chi connectivity index (χ3v) is 6.13. The fourth-order valence-electron chi connectivity index (χ4n) is 3.36. The molecule has 0 aliphatic rings. The zero-order valence-electron chi connectivity index (χ0n) is 17.0. The van der Waals surface area contributed by atoms with Crippen molar-refractivity contribution in [3.63, 3.8) is 0 Å². The molecule has 3 rings (SSSR count). The monoisotopic (exact) mass is 400 g/mol. The number of ether oxygens (including phenoxy) is 1. The predicted molar refractivity (Wildman–Crippen MR) is 113 cm³/mol. The highest BCUT2D eigenvalue weighted by Crippen LogP contribution is 2.38. The van der Waals surface area contributed by atoms with E-state index in [0.717, 1.165) is 39.9 Å². The number of esters is 1. The van der Waals surface area contributed by atoms with Gasteiger partial charge in [0.25, 0.3) is 0 Å². The first-order valence-corrected chi connectivity index (χ1v) is 10.0. The largest absolute Gasteiger partial charge is 0.465 e. The number of fused-ring (bicyclic) bond motifs is 1. The molecule has 0 N–H and O–H groups in total. The minimum atomic E-state index is -0.696. The highest BCUT2D eigenvalue weighted by atomic mass is 32.1. The third-order valence-electron chi connectivity index (χ3n) is 5.02. The minimum absolute atomic E-state index is 0.0724. The van der Waals surface area contributed by atoms with Crippen LogP contribution in [0.2, 0.25) is 0 Å². The van der Waals surface area contributed by atoms with E-state index in [0.29, 0.717) is 16.5 Å². The van der Waals surface area contributed by atoms with E-state index in [2.05, 4.69) is 24.8 Å². The van der Waals surface area contributed by atoms with E-state index in [9.17, 15) is 9.59 Å². The quantitative estimate of drug-likeness (QED) is 0.465. The predicted octanol–water partition coefficient (Wildman–Crippen LogP) is 4.47. The summed E-state index contributed by atoms with van der Waals surface area (Å²) in [5.74, 6) is -0.696. The van der Waals surface area contributed by atoms with Crippen molar-refractivity contribution in [3.8, 4) is 10.6 Å². The van der Waals surface area contributed by atoms with Crippen molar-refractivity contribution < 1.29 is 13.9 Å². The van der Waals surface area contributed by atoms with Crippen molar-refractivity contribution in [2.75, 3.05) is 25.1 Å². The molecule has 2 aromatic heterocycles. The summed E-state index contributed by atoms with van der Waals surface area (Å²) in [6, 6.07) is 3.91. The molecule has 0 spiro atoms. The number of hydrogen-bond acceptors (Lipinski definition) is 7. The molecule has 3 aromatic rings. The number of aryl methyl sites for hydroxylation is 3. The lowest BCUT2D eigenvalue weighted by Gasteiger charge is -2.22. The van der Waals surface area contributed by atoms with Gasteiger partial charge >= 0.3 is 11.6 Å². The lowest BCUT2D eigenvalue weighted by molar-refractivity contribution is 0.0595. The molecule has 0 unspecified atom stereocenters. The van der Waals surface area contributed by atoms with Gasteiger partial charge in [0.2, 0.25) is 0 Å². The highest BCUT2D eigenvalue weighted by Gasteiger charge is 2.23. The van der Waals surface area contributed by atoms with Crippen molar-refractivity contribution in [1.29, 1.82) is 0 Å². The number of methoxy groups -OCH3 is 1. The first-order valence-electron chi connectivity index (χ1n) is 9.21.